The number of aromatic nitrogens is 1. The second-order valence-electron chi connectivity index (χ2n) is 7.57. The molecule has 1 fully saturated rings. The summed E-state index contributed by atoms with van der Waals surface area (Å²) in [7, 11) is 0. The molecule has 1 saturated heterocycles. The van der Waals surface area contributed by atoms with Crippen LogP contribution in [-0.2, 0) is 16.0 Å². The number of carbonyl (C=O) groups is 1. The number of rotatable bonds is 6. The molecule has 2 amide bonds. The highest BCUT2D eigenvalue weighted by molar-refractivity contribution is 5.83. The van der Waals surface area contributed by atoms with Crippen molar-refractivity contribution in [2.45, 2.75) is 40.3 Å². The Morgan fingerprint density at radius 1 is 1.14 bits per heavy atom. The fraction of sp³-hybridized carbons (Fsp3) is 0.545. The molecule has 1 atom stereocenters. The van der Waals surface area contributed by atoms with Crippen LogP contribution < -0.4 is 5.56 Å². The van der Waals surface area contributed by atoms with Crippen LogP contribution >= 0.6 is 0 Å². The standard InChI is InChI=1S/C22H31N3O4/c1-5-24(6-2)22(27)25(13-19-14-28-7-8-29-19)12-18-11-17-10-15(3)9-16(4)20(17)23-21(18)26/h9-11,19H,5-8,12-14H2,1-4H3,(H,23,26)/t19-/m0/s1. The Labute approximate surface area is 171 Å². The molecular formula is C22H31N3O4. The van der Waals surface area contributed by atoms with E-state index in [1.807, 2.05) is 33.8 Å². The van der Waals surface area contributed by atoms with Gasteiger partial charge in [-0.25, -0.2) is 4.79 Å². The van der Waals surface area contributed by atoms with E-state index in [2.05, 4.69) is 17.1 Å². The lowest BCUT2D eigenvalue weighted by Crippen LogP contribution is -2.48. The number of urea groups is 1. The van der Waals surface area contributed by atoms with Crippen molar-refractivity contribution in [2.24, 2.45) is 0 Å². The Morgan fingerprint density at radius 3 is 2.55 bits per heavy atom. The van der Waals surface area contributed by atoms with Crippen molar-refractivity contribution in [2.75, 3.05) is 39.5 Å². The zero-order chi connectivity index (χ0) is 21.0. The minimum atomic E-state index is -0.188. The first-order chi connectivity index (χ1) is 13.9. The van der Waals surface area contributed by atoms with Crippen LogP contribution in [0, 0.1) is 13.8 Å². The third kappa shape index (κ3) is 4.97. The second-order valence-corrected chi connectivity index (χ2v) is 7.57. The third-order valence-corrected chi connectivity index (χ3v) is 5.34. The maximum atomic E-state index is 13.1. The van der Waals surface area contributed by atoms with Crippen LogP contribution in [-0.4, -0.2) is 66.4 Å². The molecule has 1 aliphatic rings. The highest BCUT2D eigenvalue weighted by atomic mass is 16.6. The van der Waals surface area contributed by atoms with Crippen LogP contribution in [0.2, 0.25) is 0 Å². The Balaban J connectivity index is 1.92. The lowest BCUT2D eigenvalue weighted by Gasteiger charge is -2.33. The summed E-state index contributed by atoms with van der Waals surface area (Å²) in [5.74, 6) is 0. The molecule has 0 radical (unpaired) electrons. The zero-order valence-corrected chi connectivity index (χ0v) is 17.8. The van der Waals surface area contributed by atoms with Crippen LogP contribution in [0.1, 0.15) is 30.5 Å². The number of nitrogens with zero attached hydrogens (tertiary/aromatic N) is 2. The number of H-pyrrole nitrogens is 1. The normalized spacial score (nSPS) is 16.8. The van der Waals surface area contributed by atoms with Gasteiger partial charge in [0.1, 0.15) is 0 Å². The maximum absolute atomic E-state index is 13.1. The monoisotopic (exact) mass is 401 g/mol. The van der Waals surface area contributed by atoms with Gasteiger partial charge in [-0.15, -0.1) is 0 Å². The smallest absolute Gasteiger partial charge is 0.320 e. The highest BCUT2D eigenvalue weighted by Gasteiger charge is 2.25. The molecule has 0 unspecified atom stereocenters. The lowest BCUT2D eigenvalue weighted by molar-refractivity contribution is -0.0953. The molecule has 2 heterocycles. The maximum Gasteiger partial charge on any atom is 0.320 e. The third-order valence-electron chi connectivity index (χ3n) is 5.34. The number of hydrogen-bond donors (Lipinski definition) is 1. The van der Waals surface area contributed by atoms with E-state index in [4.69, 9.17) is 9.47 Å². The number of aryl methyl sites for hydroxylation is 2. The minimum absolute atomic E-state index is 0.0934. The van der Waals surface area contributed by atoms with E-state index in [9.17, 15) is 9.59 Å². The van der Waals surface area contributed by atoms with Gasteiger partial charge >= 0.3 is 6.03 Å². The summed E-state index contributed by atoms with van der Waals surface area (Å²) in [4.78, 5) is 32.3. The van der Waals surface area contributed by atoms with Crippen LogP contribution in [0.5, 0.6) is 0 Å². The lowest BCUT2D eigenvalue weighted by atomic mass is 10.1. The number of pyridine rings is 1. The van der Waals surface area contributed by atoms with Crippen molar-refractivity contribution < 1.29 is 14.3 Å². The summed E-state index contributed by atoms with van der Waals surface area (Å²) in [5, 5.41) is 0.976. The number of nitrogens with one attached hydrogen (secondary N) is 1. The quantitative estimate of drug-likeness (QED) is 0.808. The predicted octanol–water partition coefficient (Wildman–Crippen LogP) is 2.82. The zero-order valence-electron chi connectivity index (χ0n) is 17.8. The number of aromatic amines is 1. The Morgan fingerprint density at radius 2 is 1.90 bits per heavy atom. The molecule has 7 nitrogen and oxygen atoms in total. The Hall–Kier alpha value is -2.38. The molecule has 0 aliphatic carbocycles. The topological polar surface area (TPSA) is 74.9 Å². The van der Waals surface area contributed by atoms with Crippen molar-refractivity contribution in [3.63, 3.8) is 0 Å². The molecular weight excluding hydrogens is 370 g/mol. The van der Waals surface area contributed by atoms with Crippen LogP contribution in [0.3, 0.4) is 0 Å². The van der Waals surface area contributed by atoms with Gasteiger partial charge in [-0.3, -0.25) is 4.79 Å². The average molecular weight is 402 g/mol. The summed E-state index contributed by atoms with van der Waals surface area (Å²) in [5.41, 5.74) is 3.42. The number of amides is 2. The molecule has 2 aromatic rings. The number of fused-ring (bicyclic) bond motifs is 1. The first kappa shape index (κ1) is 21.3. The van der Waals surface area contributed by atoms with Gasteiger partial charge in [-0.2, -0.15) is 0 Å². The van der Waals surface area contributed by atoms with Gasteiger partial charge in [0.15, 0.2) is 0 Å². The Kier molecular flexibility index (Phi) is 6.92. The second kappa shape index (κ2) is 9.41. The van der Waals surface area contributed by atoms with Crippen LogP contribution in [0.25, 0.3) is 10.9 Å². The Bertz CT molecular complexity index is 914. The van der Waals surface area contributed by atoms with Gasteiger partial charge in [-0.05, 0) is 50.8 Å². The van der Waals surface area contributed by atoms with Crippen molar-refractivity contribution in [1.82, 2.24) is 14.8 Å². The van der Waals surface area contributed by atoms with Gasteiger partial charge in [-0.1, -0.05) is 11.6 Å². The first-order valence-corrected chi connectivity index (χ1v) is 10.3. The molecule has 7 heteroatoms. The molecule has 29 heavy (non-hydrogen) atoms. The van der Waals surface area contributed by atoms with Crippen LogP contribution in [0.15, 0.2) is 23.0 Å². The number of carbonyl (C=O) groups excluding carboxylic acids is 1. The summed E-state index contributed by atoms with van der Waals surface area (Å²) in [6, 6.07) is 5.91. The summed E-state index contributed by atoms with van der Waals surface area (Å²) in [6.07, 6.45) is -0.188. The predicted molar refractivity (Wildman–Crippen MR) is 113 cm³/mol. The van der Waals surface area contributed by atoms with E-state index in [0.29, 0.717) is 45.0 Å². The fourth-order valence-electron chi connectivity index (χ4n) is 3.85. The average Bonchev–Trinajstić information content (AvgIpc) is 2.70. The van der Waals surface area contributed by atoms with E-state index in [1.165, 1.54) is 0 Å². The van der Waals surface area contributed by atoms with Crippen molar-refractivity contribution in [1.29, 1.82) is 0 Å². The van der Waals surface area contributed by atoms with Crippen molar-refractivity contribution in [3.05, 3.63) is 45.2 Å². The SMILES string of the molecule is CCN(CC)C(=O)N(Cc1cc2cc(C)cc(C)c2[nH]c1=O)C[C@H]1COCCO1. The molecule has 158 valence electrons. The number of hydrogen-bond acceptors (Lipinski definition) is 4. The highest BCUT2D eigenvalue weighted by Crippen LogP contribution is 2.19. The van der Waals surface area contributed by atoms with E-state index < -0.39 is 0 Å². The summed E-state index contributed by atoms with van der Waals surface area (Å²) >= 11 is 0. The molecule has 0 saturated carbocycles. The molecule has 3 rings (SSSR count). The molecule has 1 aromatic heterocycles. The van der Waals surface area contributed by atoms with E-state index in [-0.39, 0.29) is 24.2 Å². The van der Waals surface area contributed by atoms with E-state index in [0.717, 1.165) is 22.0 Å². The van der Waals surface area contributed by atoms with Crippen LogP contribution in [0.4, 0.5) is 4.79 Å². The summed E-state index contributed by atoms with van der Waals surface area (Å²) < 4.78 is 11.2. The van der Waals surface area contributed by atoms with Gasteiger partial charge in [0, 0.05) is 18.7 Å². The van der Waals surface area contributed by atoms with E-state index in [1.54, 1.807) is 9.80 Å². The number of benzene rings is 1. The van der Waals surface area contributed by atoms with Gasteiger partial charge in [0.2, 0.25) is 0 Å². The minimum Gasteiger partial charge on any atom is -0.376 e. The molecule has 1 aromatic carbocycles. The molecule has 0 spiro atoms. The fourth-order valence-corrected chi connectivity index (χ4v) is 3.85. The molecule has 1 N–H and O–H groups in total. The summed E-state index contributed by atoms with van der Waals surface area (Å²) in [6.45, 7) is 11.3. The first-order valence-electron chi connectivity index (χ1n) is 10.3. The molecule has 1 aliphatic heterocycles. The van der Waals surface area contributed by atoms with Crippen molar-refractivity contribution >= 4 is 16.9 Å². The molecule has 0 bridgehead atoms. The van der Waals surface area contributed by atoms with Gasteiger partial charge in [0.05, 0.1) is 44.5 Å². The van der Waals surface area contributed by atoms with Gasteiger partial charge < -0.3 is 24.3 Å². The largest absolute Gasteiger partial charge is 0.376 e. The van der Waals surface area contributed by atoms with Gasteiger partial charge in [0.25, 0.3) is 5.56 Å². The van der Waals surface area contributed by atoms with Crippen molar-refractivity contribution in [3.8, 4) is 0 Å². The van der Waals surface area contributed by atoms with E-state index >= 15 is 0 Å². The number of ether oxygens (including phenoxy) is 2.